The molecule has 1 atom stereocenters. The average molecular weight is 280 g/mol. The molecule has 0 fully saturated rings. The molecule has 3 rings (SSSR count). The molecule has 1 aromatic carbocycles. The minimum Gasteiger partial charge on any atom is -0.375 e. The second-order valence-electron chi connectivity index (χ2n) is 4.12. The van der Waals surface area contributed by atoms with Crippen LogP contribution in [-0.2, 0) is 4.79 Å². The van der Waals surface area contributed by atoms with E-state index in [1.54, 1.807) is 0 Å². The molecule has 1 amide bonds. The summed E-state index contributed by atoms with van der Waals surface area (Å²) in [4.78, 5) is 16.8. The number of aromatic nitrogens is 1. The van der Waals surface area contributed by atoms with E-state index >= 15 is 0 Å². The van der Waals surface area contributed by atoms with E-state index in [1.807, 2.05) is 24.3 Å². The Morgan fingerprint density at radius 1 is 1.50 bits per heavy atom. The van der Waals surface area contributed by atoms with Gasteiger partial charge in [0.15, 0.2) is 5.13 Å². The summed E-state index contributed by atoms with van der Waals surface area (Å²) in [5.41, 5.74) is 6.72. The molecule has 6 heteroatoms. The molecule has 1 aliphatic rings. The van der Waals surface area contributed by atoms with E-state index in [-0.39, 0.29) is 11.8 Å². The Morgan fingerprint density at radius 3 is 3.11 bits per heavy atom. The number of hydrogen-bond acceptors (Lipinski definition) is 4. The summed E-state index contributed by atoms with van der Waals surface area (Å²) in [5.74, 6) is 0.527. The molecule has 0 spiro atoms. The number of halogens is 1. The van der Waals surface area contributed by atoms with Gasteiger partial charge in [-0.2, -0.15) is 0 Å². The Bertz CT molecular complexity index is 626. The molecular weight excluding hydrogens is 270 g/mol. The van der Waals surface area contributed by atoms with Crippen LogP contribution >= 0.6 is 22.9 Å². The minimum atomic E-state index is -0.0437. The third-order valence-electron chi connectivity index (χ3n) is 2.88. The van der Waals surface area contributed by atoms with Gasteiger partial charge in [-0.1, -0.05) is 35.1 Å². The lowest BCUT2D eigenvalue weighted by Crippen LogP contribution is -2.22. The maximum absolute atomic E-state index is 11.7. The lowest BCUT2D eigenvalue weighted by molar-refractivity contribution is -0.116. The van der Waals surface area contributed by atoms with Gasteiger partial charge in [0.1, 0.15) is 5.82 Å². The maximum atomic E-state index is 11.7. The van der Waals surface area contributed by atoms with Crippen LogP contribution in [0.5, 0.6) is 0 Å². The van der Waals surface area contributed by atoms with E-state index in [1.165, 1.54) is 11.3 Å². The first-order valence-corrected chi connectivity index (χ1v) is 6.64. The quantitative estimate of drug-likeness (QED) is 0.843. The van der Waals surface area contributed by atoms with Crippen LogP contribution in [0.25, 0.3) is 0 Å². The highest BCUT2D eigenvalue weighted by molar-refractivity contribution is 7.16. The van der Waals surface area contributed by atoms with Gasteiger partial charge in [0.25, 0.3) is 0 Å². The van der Waals surface area contributed by atoms with Gasteiger partial charge in [0.2, 0.25) is 5.91 Å². The second-order valence-corrected chi connectivity index (χ2v) is 5.62. The topological polar surface area (TPSA) is 68.0 Å². The second kappa shape index (κ2) is 4.26. The molecule has 2 heterocycles. The smallest absolute Gasteiger partial charge is 0.226 e. The summed E-state index contributed by atoms with van der Waals surface area (Å²) < 4.78 is 0. The number of rotatable bonds is 1. The molecule has 0 unspecified atom stereocenters. The third-order valence-corrected chi connectivity index (χ3v) is 4.12. The fourth-order valence-corrected chi connectivity index (χ4v) is 3.24. The van der Waals surface area contributed by atoms with Crippen molar-refractivity contribution >= 4 is 39.8 Å². The number of nitrogen functional groups attached to an aromatic ring is 1. The minimum absolute atomic E-state index is 0.0118. The van der Waals surface area contributed by atoms with Gasteiger partial charge < -0.3 is 11.1 Å². The molecule has 0 aliphatic carbocycles. The number of benzene rings is 1. The van der Waals surface area contributed by atoms with Gasteiger partial charge in [-0.15, -0.1) is 0 Å². The zero-order chi connectivity index (χ0) is 12.7. The first kappa shape index (κ1) is 11.5. The van der Waals surface area contributed by atoms with Crippen LogP contribution in [0.3, 0.4) is 0 Å². The van der Waals surface area contributed by atoms with Crippen molar-refractivity contribution in [2.45, 2.75) is 12.3 Å². The SMILES string of the molecule is Nc1nc2c(s1)[C@@H](c1cccc(Cl)c1)CC(=O)N2. The number of nitrogens with one attached hydrogen (secondary N) is 1. The molecule has 3 N–H and O–H groups in total. The summed E-state index contributed by atoms with van der Waals surface area (Å²) in [6.45, 7) is 0. The fraction of sp³-hybridized carbons (Fsp3) is 0.167. The van der Waals surface area contributed by atoms with Gasteiger partial charge in [-0.3, -0.25) is 4.79 Å². The van der Waals surface area contributed by atoms with E-state index in [2.05, 4.69) is 10.3 Å². The van der Waals surface area contributed by atoms with Gasteiger partial charge in [0.05, 0.1) is 4.88 Å². The normalized spacial score (nSPS) is 18.3. The molecule has 1 aliphatic heterocycles. The molecule has 0 radical (unpaired) electrons. The van der Waals surface area contributed by atoms with Crippen molar-refractivity contribution in [2.75, 3.05) is 11.1 Å². The first-order valence-electron chi connectivity index (χ1n) is 5.45. The highest BCUT2D eigenvalue weighted by Crippen LogP contribution is 2.41. The van der Waals surface area contributed by atoms with E-state index in [9.17, 15) is 4.79 Å². The molecule has 0 saturated carbocycles. The third kappa shape index (κ3) is 1.95. The highest BCUT2D eigenvalue weighted by Gasteiger charge is 2.29. The summed E-state index contributed by atoms with van der Waals surface area (Å²) in [6.07, 6.45) is 0.398. The predicted octanol–water partition coefficient (Wildman–Crippen LogP) is 2.85. The van der Waals surface area contributed by atoms with Crippen LogP contribution in [0, 0.1) is 0 Å². The van der Waals surface area contributed by atoms with Crippen LogP contribution in [0.2, 0.25) is 5.02 Å². The van der Waals surface area contributed by atoms with Gasteiger partial charge in [-0.05, 0) is 17.7 Å². The zero-order valence-electron chi connectivity index (χ0n) is 9.31. The Morgan fingerprint density at radius 2 is 2.33 bits per heavy atom. The lowest BCUT2D eigenvalue weighted by Gasteiger charge is -2.21. The summed E-state index contributed by atoms with van der Waals surface area (Å²) in [7, 11) is 0. The Hall–Kier alpha value is -1.59. The number of nitrogens with zero attached hydrogens (tertiary/aromatic N) is 1. The van der Waals surface area contributed by atoms with Crippen LogP contribution in [0.4, 0.5) is 10.9 Å². The van der Waals surface area contributed by atoms with Crippen LogP contribution < -0.4 is 11.1 Å². The number of nitrogens with two attached hydrogens (primary N) is 1. The van der Waals surface area contributed by atoms with Crippen molar-refractivity contribution in [1.29, 1.82) is 0 Å². The van der Waals surface area contributed by atoms with Gasteiger partial charge in [-0.25, -0.2) is 4.98 Å². The van der Waals surface area contributed by atoms with Gasteiger partial charge in [0, 0.05) is 17.4 Å². The first-order chi connectivity index (χ1) is 8.63. The van der Waals surface area contributed by atoms with E-state index in [4.69, 9.17) is 17.3 Å². The molecular formula is C12H10ClN3OS. The molecule has 4 nitrogen and oxygen atoms in total. The average Bonchev–Trinajstić information content (AvgIpc) is 2.68. The largest absolute Gasteiger partial charge is 0.375 e. The monoisotopic (exact) mass is 279 g/mol. The fourth-order valence-electron chi connectivity index (χ4n) is 2.13. The number of thiazole rings is 1. The van der Waals surface area contributed by atoms with Crippen LogP contribution in [0.1, 0.15) is 22.8 Å². The van der Waals surface area contributed by atoms with E-state index in [0.29, 0.717) is 22.4 Å². The maximum Gasteiger partial charge on any atom is 0.226 e. The number of fused-ring (bicyclic) bond motifs is 1. The summed E-state index contributed by atoms with van der Waals surface area (Å²) in [5, 5.41) is 3.87. The number of hydrogen-bond donors (Lipinski definition) is 2. The molecule has 0 saturated heterocycles. The number of amides is 1. The molecule has 2 aromatic rings. The predicted molar refractivity (Wildman–Crippen MR) is 73.1 cm³/mol. The van der Waals surface area contributed by atoms with Crippen molar-refractivity contribution in [3.8, 4) is 0 Å². The number of anilines is 2. The molecule has 92 valence electrons. The van der Waals surface area contributed by atoms with Crippen molar-refractivity contribution in [3.05, 3.63) is 39.7 Å². The summed E-state index contributed by atoms with van der Waals surface area (Å²) in [6, 6.07) is 7.55. The lowest BCUT2D eigenvalue weighted by atomic mass is 9.92. The Kier molecular flexibility index (Phi) is 2.72. The van der Waals surface area contributed by atoms with Crippen molar-refractivity contribution in [1.82, 2.24) is 4.98 Å². The molecule has 0 bridgehead atoms. The van der Waals surface area contributed by atoms with Crippen LogP contribution in [0.15, 0.2) is 24.3 Å². The standard InChI is InChI=1S/C12H10ClN3OS/c13-7-3-1-2-6(4-7)8-5-9(17)15-11-10(8)18-12(14)16-11/h1-4,8H,5H2,(H2,14,16)(H,15,17)/t8-/m1/s1. The zero-order valence-corrected chi connectivity index (χ0v) is 10.9. The number of carbonyl (C=O) groups is 1. The Balaban J connectivity index is 2.09. The van der Waals surface area contributed by atoms with Crippen molar-refractivity contribution < 1.29 is 4.79 Å². The van der Waals surface area contributed by atoms with Gasteiger partial charge >= 0.3 is 0 Å². The highest BCUT2D eigenvalue weighted by atomic mass is 35.5. The van der Waals surface area contributed by atoms with E-state index in [0.717, 1.165) is 10.4 Å². The van der Waals surface area contributed by atoms with Crippen molar-refractivity contribution in [2.24, 2.45) is 0 Å². The molecule has 18 heavy (non-hydrogen) atoms. The van der Waals surface area contributed by atoms with Crippen molar-refractivity contribution in [3.63, 3.8) is 0 Å². The number of carbonyl (C=O) groups excluding carboxylic acids is 1. The van der Waals surface area contributed by atoms with Crippen LogP contribution in [-0.4, -0.2) is 10.9 Å². The van der Waals surface area contributed by atoms with E-state index < -0.39 is 0 Å². The molecule has 1 aromatic heterocycles. The summed E-state index contributed by atoms with van der Waals surface area (Å²) >= 11 is 7.41. The Labute approximate surface area is 113 Å².